The van der Waals surface area contributed by atoms with Gasteiger partial charge < -0.3 is 14.0 Å². The summed E-state index contributed by atoms with van der Waals surface area (Å²) in [4.78, 5) is 14.6. The zero-order valence-electron chi connectivity index (χ0n) is 10.6. The molecule has 7 nitrogen and oxygen atoms in total. The van der Waals surface area contributed by atoms with Crippen LogP contribution in [-0.4, -0.2) is 32.9 Å². The maximum Gasteiger partial charge on any atom is 0.417 e. The molecule has 0 saturated heterocycles. The number of halogens is 3. The van der Waals surface area contributed by atoms with E-state index in [1.54, 1.807) is 6.07 Å². The Morgan fingerprint density at radius 3 is 2.71 bits per heavy atom. The Morgan fingerprint density at radius 2 is 2.19 bits per heavy atom. The lowest BCUT2D eigenvalue weighted by Gasteiger charge is -2.28. The van der Waals surface area contributed by atoms with E-state index in [9.17, 15) is 18.0 Å². The minimum absolute atomic E-state index is 0.0131. The van der Waals surface area contributed by atoms with Crippen molar-refractivity contribution in [2.45, 2.75) is 25.2 Å². The number of aliphatic carboxylic acids is 1. The molecule has 0 amide bonds. The van der Waals surface area contributed by atoms with Crippen LogP contribution < -0.4 is 5.32 Å². The van der Waals surface area contributed by atoms with Gasteiger partial charge in [-0.15, -0.1) is 0 Å². The third-order valence-electron chi connectivity index (χ3n) is 2.79. The summed E-state index contributed by atoms with van der Waals surface area (Å²) in [6, 6.07) is 3.10. The van der Waals surface area contributed by atoms with Crippen molar-refractivity contribution in [1.29, 1.82) is 0 Å². The zero-order valence-corrected chi connectivity index (χ0v) is 10.6. The fourth-order valence-corrected chi connectivity index (χ4v) is 1.38. The molecule has 0 fully saturated rings. The molecule has 2 heterocycles. The molecular formula is C11H10F3N3O4. The summed E-state index contributed by atoms with van der Waals surface area (Å²) in [5.41, 5.74) is -3.11. The van der Waals surface area contributed by atoms with Crippen molar-refractivity contribution in [1.82, 2.24) is 15.5 Å². The quantitative estimate of drug-likeness (QED) is 0.868. The van der Waals surface area contributed by atoms with E-state index in [4.69, 9.17) is 14.0 Å². The topological polar surface area (TPSA) is 101 Å². The second-order valence-electron chi connectivity index (χ2n) is 4.27. The fourth-order valence-electron chi connectivity index (χ4n) is 1.38. The number of hydrogen-bond donors (Lipinski definition) is 2. The smallest absolute Gasteiger partial charge is 0.417 e. The van der Waals surface area contributed by atoms with Gasteiger partial charge in [0.25, 0.3) is 5.89 Å². The zero-order chi connectivity index (χ0) is 15.7. The fraction of sp³-hybridized carbons (Fsp3) is 0.364. The minimum atomic E-state index is -4.98. The lowest BCUT2D eigenvalue weighted by Crippen LogP contribution is -2.59. The minimum Gasteiger partial charge on any atom is -0.480 e. The Bertz CT molecular complexity index is 623. The summed E-state index contributed by atoms with van der Waals surface area (Å²) in [7, 11) is 0. The Hall–Kier alpha value is -2.36. The molecule has 0 aromatic carbocycles. The molecular weight excluding hydrogens is 295 g/mol. The molecule has 2 aromatic rings. The number of carboxylic acids is 1. The summed E-state index contributed by atoms with van der Waals surface area (Å²) >= 11 is 0. The Labute approximate surface area is 115 Å². The molecule has 2 aromatic heterocycles. The molecule has 0 spiro atoms. The Morgan fingerprint density at radius 1 is 1.48 bits per heavy atom. The first-order chi connectivity index (χ1) is 9.74. The van der Waals surface area contributed by atoms with E-state index in [2.05, 4.69) is 10.1 Å². The van der Waals surface area contributed by atoms with Crippen LogP contribution in [0.3, 0.4) is 0 Å². The average Bonchev–Trinajstić information content (AvgIpc) is 3.04. The molecule has 0 aliphatic rings. The predicted molar refractivity (Wildman–Crippen MR) is 60.9 cm³/mol. The Kier molecular flexibility index (Phi) is 3.73. The third kappa shape index (κ3) is 2.89. The van der Waals surface area contributed by atoms with Gasteiger partial charge in [0.15, 0.2) is 11.6 Å². The van der Waals surface area contributed by atoms with Crippen LogP contribution in [0.4, 0.5) is 13.2 Å². The van der Waals surface area contributed by atoms with Crippen LogP contribution in [0.15, 0.2) is 27.3 Å². The summed E-state index contributed by atoms with van der Waals surface area (Å²) < 4.78 is 48.1. The van der Waals surface area contributed by atoms with Gasteiger partial charge in [0, 0.05) is 0 Å². The largest absolute Gasteiger partial charge is 0.480 e. The van der Waals surface area contributed by atoms with Gasteiger partial charge in [-0.2, -0.15) is 18.2 Å². The third-order valence-corrected chi connectivity index (χ3v) is 2.79. The van der Waals surface area contributed by atoms with E-state index in [1.807, 2.05) is 5.32 Å². The normalized spacial score (nSPS) is 14.9. The highest BCUT2D eigenvalue weighted by atomic mass is 19.4. The molecule has 1 atom stereocenters. The van der Waals surface area contributed by atoms with Crippen molar-refractivity contribution >= 4 is 5.97 Å². The van der Waals surface area contributed by atoms with Gasteiger partial charge in [-0.1, -0.05) is 5.16 Å². The molecule has 2 rings (SSSR count). The highest BCUT2D eigenvalue weighted by molar-refractivity contribution is 5.79. The van der Waals surface area contributed by atoms with Gasteiger partial charge in [-0.05, 0) is 19.1 Å². The van der Waals surface area contributed by atoms with E-state index in [-0.39, 0.29) is 17.5 Å². The summed E-state index contributed by atoms with van der Waals surface area (Å²) in [6.45, 7) is -0.0185. The summed E-state index contributed by atoms with van der Waals surface area (Å²) in [6.07, 6.45) is -3.62. The molecule has 0 radical (unpaired) electrons. The number of rotatable bonds is 5. The summed E-state index contributed by atoms with van der Waals surface area (Å²) in [5.74, 6) is -1.94. The highest BCUT2D eigenvalue weighted by Crippen LogP contribution is 2.30. The molecule has 10 heteroatoms. The lowest BCUT2D eigenvalue weighted by atomic mass is 10.0. The first kappa shape index (κ1) is 15.0. The number of alkyl halides is 3. The van der Waals surface area contributed by atoms with Crippen LogP contribution >= 0.6 is 0 Å². The van der Waals surface area contributed by atoms with Crippen LogP contribution in [0.25, 0.3) is 11.7 Å². The van der Waals surface area contributed by atoms with Gasteiger partial charge in [0.1, 0.15) is 0 Å². The van der Waals surface area contributed by atoms with Crippen LogP contribution in [0.2, 0.25) is 0 Å². The molecule has 0 bridgehead atoms. The lowest BCUT2D eigenvalue weighted by molar-refractivity contribution is -0.206. The molecule has 21 heavy (non-hydrogen) atoms. The molecule has 2 N–H and O–H groups in total. The number of aromatic nitrogens is 2. The second kappa shape index (κ2) is 5.20. The van der Waals surface area contributed by atoms with Gasteiger partial charge in [-0.25, -0.2) is 4.79 Å². The maximum atomic E-state index is 12.8. The number of furan rings is 1. The molecule has 0 aliphatic carbocycles. The first-order valence-electron chi connectivity index (χ1n) is 5.65. The maximum absolute atomic E-state index is 12.8. The monoisotopic (exact) mass is 305 g/mol. The van der Waals surface area contributed by atoms with E-state index in [1.165, 1.54) is 12.3 Å². The van der Waals surface area contributed by atoms with Gasteiger partial charge >= 0.3 is 12.1 Å². The predicted octanol–water partition coefficient (Wildman–Crippen LogP) is 1.82. The number of hydrogen-bond acceptors (Lipinski definition) is 6. The Balaban J connectivity index is 2.11. The van der Waals surface area contributed by atoms with Gasteiger partial charge in [-0.3, -0.25) is 5.32 Å². The van der Waals surface area contributed by atoms with Crippen LogP contribution in [0.5, 0.6) is 0 Å². The van der Waals surface area contributed by atoms with Crippen molar-refractivity contribution in [3.63, 3.8) is 0 Å². The van der Waals surface area contributed by atoms with E-state index < -0.39 is 24.2 Å². The van der Waals surface area contributed by atoms with E-state index in [0.717, 1.165) is 0 Å². The van der Waals surface area contributed by atoms with Gasteiger partial charge in [0.2, 0.25) is 5.54 Å². The van der Waals surface area contributed by atoms with Crippen molar-refractivity contribution in [3.05, 3.63) is 24.2 Å². The molecule has 1 unspecified atom stereocenters. The van der Waals surface area contributed by atoms with Crippen LogP contribution in [-0.2, 0) is 11.3 Å². The van der Waals surface area contributed by atoms with Crippen LogP contribution in [0.1, 0.15) is 12.7 Å². The van der Waals surface area contributed by atoms with Gasteiger partial charge in [0.05, 0.1) is 12.8 Å². The van der Waals surface area contributed by atoms with E-state index >= 15 is 0 Å². The molecule has 0 saturated carbocycles. The van der Waals surface area contributed by atoms with Crippen molar-refractivity contribution in [3.8, 4) is 11.7 Å². The van der Waals surface area contributed by atoms with Crippen LogP contribution in [0, 0.1) is 0 Å². The van der Waals surface area contributed by atoms with Crippen molar-refractivity contribution in [2.75, 3.05) is 0 Å². The number of nitrogens with one attached hydrogen (secondary N) is 1. The van der Waals surface area contributed by atoms with E-state index in [0.29, 0.717) is 6.92 Å². The average molecular weight is 305 g/mol. The number of carbonyl (C=O) groups is 1. The first-order valence-corrected chi connectivity index (χ1v) is 5.65. The van der Waals surface area contributed by atoms with Crippen molar-refractivity contribution < 1.29 is 32.0 Å². The van der Waals surface area contributed by atoms with Crippen molar-refractivity contribution in [2.24, 2.45) is 0 Å². The molecule has 0 aliphatic heterocycles. The second-order valence-corrected chi connectivity index (χ2v) is 4.27. The standard InChI is InChI=1S/C11H10F3N3O4/c1-10(9(18)19,11(12,13)14)15-5-7-16-8(21-17-7)6-3-2-4-20-6/h2-4,15H,5H2,1H3,(H,18,19). The SMILES string of the molecule is CC(NCc1noc(-c2ccco2)n1)(C(=O)O)C(F)(F)F. The number of carboxylic acid groups (broad SMARTS) is 1. The molecule has 114 valence electrons. The summed E-state index contributed by atoms with van der Waals surface area (Å²) in [5, 5.41) is 14.1. The number of nitrogens with zero attached hydrogens (tertiary/aromatic N) is 2. The highest BCUT2D eigenvalue weighted by Gasteiger charge is 2.57.